The molecule has 1 fully saturated rings. The molecule has 0 aromatic rings. The summed E-state index contributed by atoms with van der Waals surface area (Å²) in [6.45, 7) is 4.24. The highest BCUT2D eigenvalue weighted by Crippen LogP contribution is 2.28. The van der Waals surface area contributed by atoms with Crippen molar-refractivity contribution < 1.29 is 4.74 Å². The Balaban J connectivity index is 2.29. The summed E-state index contributed by atoms with van der Waals surface area (Å²) in [6.07, 6.45) is 5.23. The van der Waals surface area contributed by atoms with E-state index in [9.17, 15) is 0 Å². The maximum Gasteiger partial charge on any atom is 0.0468 e. The van der Waals surface area contributed by atoms with E-state index < -0.39 is 0 Å². The Morgan fingerprint density at radius 2 is 2.08 bits per heavy atom. The molecule has 2 heteroatoms. The van der Waals surface area contributed by atoms with Gasteiger partial charge in [0, 0.05) is 18.5 Å². The van der Waals surface area contributed by atoms with Gasteiger partial charge in [-0.05, 0) is 31.1 Å². The Kier molecular flexibility index (Phi) is 5.24. The minimum absolute atomic E-state index is 0.888. The molecule has 0 N–H and O–H groups in total. The van der Waals surface area contributed by atoms with Gasteiger partial charge in [-0.25, -0.2) is 0 Å². The smallest absolute Gasteiger partial charge is 0.0468 e. The van der Waals surface area contributed by atoms with Crippen molar-refractivity contribution in [3.05, 3.63) is 0 Å². The van der Waals surface area contributed by atoms with Crippen LogP contribution in [-0.2, 0) is 4.74 Å². The highest BCUT2D eigenvalue weighted by molar-refractivity contribution is 9.09. The molecule has 1 atom stereocenters. The Morgan fingerprint density at radius 1 is 1.42 bits per heavy atom. The predicted octanol–water partition coefficient (Wildman–Crippen LogP) is 3.22. The van der Waals surface area contributed by atoms with Gasteiger partial charge < -0.3 is 4.74 Å². The maximum atomic E-state index is 5.36. The van der Waals surface area contributed by atoms with Crippen LogP contribution in [0.25, 0.3) is 0 Å². The molecule has 1 unspecified atom stereocenters. The summed E-state index contributed by atoms with van der Waals surface area (Å²) < 4.78 is 5.36. The van der Waals surface area contributed by atoms with E-state index in [4.69, 9.17) is 4.74 Å². The third kappa shape index (κ3) is 3.06. The van der Waals surface area contributed by atoms with E-state index in [0.717, 1.165) is 25.0 Å². The molecule has 12 heavy (non-hydrogen) atoms. The second-order valence-corrected chi connectivity index (χ2v) is 4.30. The first-order valence-corrected chi connectivity index (χ1v) is 6.14. The van der Waals surface area contributed by atoms with Crippen molar-refractivity contribution in [3.63, 3.8) is 0 Å². The Labute approximate surface area is 84.0 Å². The van der Waals surface area contributed by atoms with Crippen LogP contribution >= 0.6 is 15.9 Å². The van der Waals surface area contributed by atoms with E-state index in [1.165, 1.54) is 31.0 Å². The molecule has 0 aromatic heterocycles. The van der Waals surface area contributed by atoms with Gasteiger partial charge in [-0.15, -0.1) is 0 Å². The van der Waals surface area contributed by atoms with Crippen LogP contribution in [0.4, 0.5) is 0 Å². The lowest BCUT2D eigenvalue weighted by molar-refractivity contribution is 0.0490. The largest absolute Gasteiger partial charge is 0.381 e. The molecule has 1 nitrogen and oxygen atoms in total. The summed E-state index contributed by atoms with van der Waals surface area (Å²) >= 11 is 3.61. The van der Waals surface area contributed by atoms with Crippen LogP contribution in [-0.4, -0.2) is 18.5 Å². The lowest BCUT2D eigenvalue weighted by Crippen LogP contribution is -2.24. The lowest BCUT2D eigenvalue weighted by Gasteiger charge is -2.28. The average Bonchev–Trinajstić information content (AvgIpc) is 2.15. The summed E-state index contributed by atoms with van der Waals surface area (Å²) in [7, 11) is 0. The normalized spacial score (nSPS) is 22.5. The summed E-state index contributed by atoms with van der Waals surface area (Å²) in [5.74, 6) is 1.80. The average molecular weight is 235 g/mol. The quantitative estimate of drug-likeness (QED) is 0.680. The zero-order chi connectivity index (χ0) is 8.81. The molecule has 0 aliphatic carbocycles. The van der Waals surface area contributed by atoms with E-state index in [2.05, 4.69) is 22.9 Å². The molecule has 0 amide bonds. The van der Waals surface area contributed by atoms with Gasteiger partial charge in [0.2, 0.25) is 0 Å². The number of hydrogen-bond donors (Lipinski definition) is 0. The van der Waals surface area contributed by atoms with Crippen LogP contribution in [0.3, 0.4) is 0 Å². The van der Waals surface area contributed by atoms with E-state index in [0.29, 0.717) is 0 Å². The first-order chi connectivity index (χ1) is 5.88. The van der Waals surface area contributed by atoms with E-state index in [1.807, 2.05) is 0 Å². The second-order valence-electron chi connectivity index (χ2n) is 3.65. The summed E-state index contributed by atoms with van der Waals surface area (Å²) in [5.41, 5.74) is 0. The molecular weight excluding hydrogens is 216 g/mol. The van der Waals surface area contributed by atoms with Gasteiger partial charge in [-0.3, -0.25) is 0 Å². The molecule has 0 spiro atoms. The minimum Gasteiger partial charge on any atom is -0.381 e. The zero-order valence-electron chi connectivity index (χ0n) is 7.89. The van der Waals surface area contributed by atoms with Crippen LogP contribution in [0.15, 0.2) is 0 Å². The van der Waals surface area contributed by atoms with Crippen molar-refractivity contribution in [2.24, 2.45) is 11.8 Å². The highest BCUT2D eigenvalue weighted by atomic mass is 79.9. The summed E-state index contributed by atoms with van der Waals surface area (Å²) in [5, 5.41) is 1.17. The fourth-order valence-corrected chi connectivity index (χ4v) is 2.85. The number of ether oxygens (including phenoxy) is 1. The molecule has 1 rings (SSSR count). The molecule has 1 saturated heterocycles. The van der Waals surface area contributed by atoms with E-state index in [1.54, 1.807) is 0 Å². The van der Waals surface area contributed by atoms with Crippen molar-refractivity contribution in [1.82, 2.24) is 0 Å². The standard InChI is InChI=1S/C10H19BrO/c1-2-3-10(8-11)9-4-6-12-7-5-9/h9-10H,2-8H2,1H3. The first kappa shape index (κ1) is 10.5. The Bertz CT molecular complexity index is 108. The molecule has 0 aromatic carbocycles. The van der Waals surface area contributed by atoms with Gasteiger partial charge in [0.25, 0.3) is 0 Å². The van der Waals surface area contributed by atoms with Crippen molar-refractivity contribution in [2.75, 3.05) is 18.5 Å². The van der Waals surface area contributed by atoms with Crippen LogP contribution in [0.1, 0.15) is 32.6 Å². The third-order valence-electron chi connectivity index (χ3n) is 2.79. The van der Waals surface area contributed by atoms with Gasteiger partial charge in [0.1, 0.15) is 0 Å². The van der Waals surface area contributed by atoms with E-state index in [-0.39, 0.29) is 0 Å². The maximum absolute atomic E-state index is 5.36. The van der Waals surface area contributed by atoms with Crippen LogP contribution in [0.5, 0.6) is 0 Å². The van der Waals surface area contributed by atoms with Crippen LogP contribution in [0, 0.1) is 11.8 Å². The molecule has 1 aliphatic heterocycles. The van der Waals surface area contributed by atoms with Crippen molar-refractivity contribution in [3.8, 4) is 0 Å². The summed E-state index contributed by atoms with van der Waals surface area (Å²) in [4.78, 5) is 0. The Hall–Kier alpha value is 0.440. The van der Waals surface area contributed by atoms with Gasteiger partial charge >= 0.3 is 0 Å². The second kappa shape index (κ2) is 5.98. The zero-order valence-corrected chi connectivity index (χ0v) is 9.48. The molecule has 0 saturated carbocycles. The predicted molar refractivity (Wildman–Crippen MR) is 55.7 cm³/mol. The van der Waals surface area contributed by atoms with Crippen molar-refractivity contribution in [1.29, 1.82) is 0 Å². The molecule has 0 radical (unpaired) electrons. The fourth-order valence-electron chi connectivity index (χ4n) is 2.00. The van der Waals surface area contributed by atoms with Gasteiger partial charge in [-0.1, -0.05) is 29.3 Å². The van der Waals surface area contributed by atoms with Crippen molar-refractivity contribution >= 4 is 15.9 Å². The van der Waals surface area contributed by atoms with E-state index >= 15 is 0 Å². The fraction of sp³-hybridized carbons (Fsp3) is 1.00. The highest BCUT2D eigenvalue weighted by Gasteiger charge is 2.21. The van der Waals surface area contributed by atoms with Gasteiger partial charge in [0.05, 0.1) is 0 Å². The molecule has 1 heterocycles. The van der Waals surface area contributed by atoms with Crippen molar-refractivity contribution in [2.45, 2.75) is 32.6 Å². The SMILES string of the molecule is CCCC(CBr)C1CCOCC1. The third-order valence-corrected chi connectivity index (χ3v) is 3.62. The lowest BCUT2D eigenvalue weighted by atomic mass is 9.85. The van der Waals surface area contributed by atoms with Crippen LogP contribution in [0.2, 0.25) is 0 Å². The minimum atomic E-state index is 0.888. The first-order valence-electron chi connectivity index (χ1n) is 5.02. The number of alkyl halides is 1. The van der Waals surface area contributed by atoms with Gasteiger partial charge in [-0.2, -0.15) is 0 Å². The number of rotatable bonds is 4. The van der Waals surface area contributed by atoms with Gasteiger partial charge in [0.15, 0.2) is 0 Å². The molecule has 0 bridgehead atoms. The molecular formula is C10H19BrO. The Morgan fingerprint density at radius 3 is 2.58 bits per heavy atom. The summed E-state index contributed by atoms with van der Waals surface area (Å²) in [6, 6.07) is 0. The molecule has 1 aliphatic rings. The molecule has 72 valence electrons. The number of halogens is 1. The monoisotopic (exact) mass is 234 g/mol. The van der Waals surface area contributed by atoms with Crippen LogP contribution < -0.4 is 0 Å². The topological polar surface area (TPSA) is 9.23 Å². The number of hydrogen-bond acceptors (Lipinski definition) is 1.